The zero-order chi connectivity index (χ0) is 20.6. The molecule has 0 saturated heterocycles. The molecule has 3 rings (SSSR count). The third-order valence-corrected chi connectivity index (χ3v) is 3.73. The number of pyridine rings is 1. The number of hydrogen-bond donors (Lipinski definition) is 1. The molecule has 0 radical (unpaired) electrons. The van der Waals surface area contributed by atoms with Gasteiger partial charge in [0, 0.05) is 19.3 Å². The Labute approximate surface area is 153 Å². The van der Waals surface area contributed by atoms with Gasteiger partial charge in [-0.2, -0.15) is 18.3 Å². The number of hydrogen-bond acceptors (Lipinski definition) is 3. The van der Waals surface area contributed by atoms with Crippen LogP contribution in [-0.2, 0) is 13.2 Å². The van der Waals surface area contributed by atoms with Gasteiger partial charge in [0.1, 0.15) is 28.8 Å². The van der Waals surface area contributed by atoms with Gasteiger partial charge in [0.25, 0.3) is 5.91 Å². The van der Waals surface area contributed by atoms with Gasteiger partial charge in [0.05, 0.1) is 11.3 Å². The highest BCUT2D eigenvalue weighted by molar-refractivity contribution is 6.04. The zero-order valence-electron chi connectivity index (χ0n) is 14.0. The molecule has 0 fully saturated rings. The lowest BCUT2D eigenvalue weighted by atomic mass is 10.1. The van der Waals surface area contributed by atoms with Crippen LogP contribution in [0.1, 0.15) is 16.1 Å². The standard InChI is InChI=1S/C17H10F6N4O/c1-27-12(6-13(26-27)17(21,22)23)8-7-24-14(5-11(8)20)25-16(28)15-9(18)3-2-4-10(15)19/h2-7H,1H3,(H,24,25,28). The molecule has 0 atom stereocenters. The second-order valence-electron chi connectivity index (χ2n) is 5.64. The normalized spacial score (nSPS) is 11.5. The van der Waals surface area contributed by atoms with Crippen molar-refractivity contribution in [2.75, 3.05) is 5.32 Å². The first-order valence-corrected chi connectivity index (χ1v) is 7.60. The molecule has 0 aliphatic rings. The van der Waals surface area contributed by atoms with Crippen LogP contribution >= 0.6 is 0 Å². The Morgan fingerprint density at radius 3 is 2.25 bits per heavy atom. The van der Waals surface area contributed by atoms with Crippen molar-refractivity contribution in [3.05, 3.63) is 65.2 Å². The van der Waals surface area contributed by atoms with Crippen molar-refractivity contribution in [1.29, 1.82) is 0 Å². The van der Waals surface area contributed by atoms with Crippen molar-refractivity contribution in [3.8, 4) is 11.3 Å². The lowest BCUT2D eigenvalue weighted by molar-refractivity contribution is -0.141. The van der Waals surface area contributed by atoms with E-state index in [1.54, 1.807) is 0 Å². The highest BCUT2D eigenvalue weighted by atomic mass is 19.4. The van der Waals surface area contributed by atoms with Crippen LogP contribution in [0.5, 0.6) is 0 Å². The lowest BCUT2D eigenvalue weighted by Crippen LogP contribution is -2.16. The first kappa shape index (κ1) is 19.4. The van der Waals surface area contributed by atoms with Crippen molar-refractivity contribution in [3.63, 3.8) is 0 Å². The SMILES string of the molecule is Cn1nc(C(F)(F)F)cc1-c1cnc(NC(=O)c2c(F)cccc2F)cc1F. The van der Waals surface area contributed by atoms with E-state index < -0.39 is 40.8 Å². The molecule has 0 aliphatic heterocycles. The number of carbonyl (C=O) groups is 1. The molecule has 146 valence electrons. The molecule has 3 aromatic rings. The molecular weight excluding hydrogens is 390 g/mol. The fourth-order valence-electron chi connectivity index (χ4n) is 2.44. The van der Waals surface area contributed by atoms with E-state index in [2.05, 4.69) is 10.1 Å². The number of nitrogens with zero attached hydrogens (tertiary/aromatic N) is 3. The average Bonchev–Trinajstić information content (AvgIpc) is 2.97. The molecule has 0 bridgehead atoms. The molecule has 5 nitrogen and oxygen atoms in total. The summed E-state index contributed by atoms with van der Waals surface area (Å²) in [5, 5.41) is 5.30. The number of anilines is 1. The third kappa shape index (κ3) is 3.68. The number of rotatable bonds is 3. The van der Waals surface area contributed by atoms with E-state index in [1.807, 2.05) is 5.32 Å². The molecule has 28 heavy (non-hydrogen) atoms. The Bertz CT molecular complexity index is 1040. The number of aryl methyl sites for hydroxylation is 1. The van der Waals surface area contributed by atoms with Crippen LogP contribution in [0.2, 0.25) is 0 Å². The number of halogens is 6. The molecule has 2 aromatic heterocycles. The number of carbonyl (C=O) groups excluding carboxylic acids is 1. The summed E-state index contributed by atoms with van der Waals surface area (Å²) in [4.78, 5) is 15.7. The van der Waals surface area contributed by atoms with Crippen LogP contribution < -0.4 is 5.32 Å². The van der Waals surface area contributed by atoms with E-state index >= 15 is 0 Å². The Morgan fingerprint density at radius 2 is 1.71 bits per heavy atom. The van der Waals surface area contributed by atoms with Gasteiger partial charge in [-0.1, -0.05) is 6.07 Å². The molecule has 1 aromatic carbocycles. The van der Waals surface area contributed by atoms with E-state index in [4.69, 9.17) is 0 Å². The van der Waals surface area contributed by atoms with Gasteiger partial charge in [-0.3, -0.25) is 9.48 Å². The van der Waals surface area contributed by atoms with Crippen molar-refractivity contribution in [2.45, 2.75) is 6.18 Å². The minimum Gasteiger partial charge on any atom is -0.306 e. The molecule has 0 spiro atoms. The first-order chi connectivity index (χ1) is 13.1. The van der Waals surface area contributed by atoms with E-state index in [1.165, 1.54) is 7.05 Å². The third-order valence-electron chi connectivity index (χ3n) is 3.73. The Balaban J connectivity index is 1.89. The summed E-state index contributed by atoms with van der Waals surface area (Å²) in [6.07, 6.45) is -3.84. The van der Waals surface area contributed by atoms with Crippen LogP contribution in [-0.4, -0.2) is 20.7 Å². The van der Waals surface area contributed by atoms with Gasteiger partial charge in [-0.05, 0) is 18.2 Å². The number of aromatic nitrogens is 3. The van der Waals surface area contributed by atoms with Crippen molar-refractivity contribution >= 4 is 11.7 Å². The van der Waals surface area contributed by atoms with Gasteiger partial charge < -0.3 is 5.32 Å². The summed E-state index contributed by atoms with van der Waals surface area (Å²) in [7, 11) is 1.20. The van der Waals surface area contributed by atoms with Crippen LogP contribution in [0.25, 0.3) is 11.3 Å². The highest BCUT2D eigenvalue weighted by Gasteiger charge is 2.35. The predicted octanol–water partition coefficient (Wildman–Crippen LogP) is 4.17. The number of benzene rings is 1. The fraction of sp³-hybridized carbons (Fsp3) is 0.118. The Hall–Kier alpha value is -3.37. The predicted molar refractivity (Wildman–Crippen MR) is 85.7 cm³/mol. The summed E-state index contributed by atoms with van der Waals surface area (Å²) < 4.78 is 80.6. The summed E-state index contributed by atoms with van der Waals surface area (Å²) in [6.45, 7) is 0. The number of alkyl halides is 3. The largest absolute Gasteiger partial charge is 0.435 e. The Kier molecular flexibility index (Phi) is 4.84. The highest BCUT2D eigenvalue weighted by Crippen LogP contribution is 2.32. The quantitative estimate of drug-likeness (QED) is 0.672. The molecule has 11 heteroatoms. The maximum Gasteiger partial charge on any atom is 0.435 e. The minimum atomic E-state index is -4.71. The first-order valence-electron chi connectivity index (χ1n) is 7.60. The number of nitrogens with one attached hydrogen (secondary N) is 1. The second-order valence-corrected chi connectivity index (χ2v) is 5.64. The van der Waals surface area contributed by atoms with Gasteiger partial charge in [-0.25, -0.2) is 18.2 Å². The van der Waals surface area contributed by atoms with Gasteiger partial charge >= 0.3 is 6.18 Å². The molecule has 0 saturated carbocycles. The lowest BCUT2D eigenvalue weighted by Gasteiger charge is -2.08. The summed E-state index contributed by atoms with van der Waals surface area (Å²) >= 11 is 0. The van der Waals surface area contributed by atoms with Crippen molar-refractivity contribution < 1.29 is 31.1 Å². The van der Waals surface area contributed by atoms with E-state index in [-0.39, 0.29) is 17.1 Å². The molecule has 0 aliphatic carbocycles. The Morgan fingerprint density at radius 1 is 1.07 bits per heavy atom. The molecular formula is C17H10F6N4O. The topological polar surface area (TPSA) is 59.8 Å². The summed E-state index contributed by atoms with van der Waals surface area (Å²) in [5.41, 5.74) is -2.59. The second kappa shape index (κ2) is 6.98. The van der Waals surface area contributed by atoms with Gasteiger partial charge in [0.2, 0.25) is 0 Å². The maximum atomic E-state index is 14.4. The zero-order valence-corrected chi connectivity index (χ0v) is 14.0. The molecule has 2 heterocycles. The van der Waals surface area contributed by atoms with Gasteiger partial charge in [0.15, 0.2) is 5.69 Å². The monoisotopic (exact) mass is 400 g/mol. The number of amides is 1. The van der Waals surface area contributed by atoms with Gasteiger partial charge in [-0.15, -0.1) is 0 Å². The maximum absolute atomic E-state index is 14.4. The summed E-state index contributed by atoms with van der Waals surface area (Å²) in [6, 6.07) is 4.17. The molecule has 1 N–H and O–H groups in total. The van der Waals surface area contributed by atoms with E-state index in [9.17, 15) is 31.1 Å². The molecule has 0 unspecified atom stereocenters. The van der Waals surface area contributed by atoms with Crippen molar-refractivity contribution in [1.82, 2.24) is 14.8 Å². The van der Waals surface area contributed by atoms with Crippen LogP contribution in [0.15, 0.2) is 36.5 Å². The average molecular weight is 400 g/mol. The fourth-order valence-corrected chi connectivity index (χ4v) is 2.44. The van der Waals surface area contributed by atoms with Crippen molar-refractivity contribution in [2.24, 2.45) is 7.05 Å². The summed E-state index contributed by atoms with van der Waals surface area (Å²) in [5.74, 6) is -4.84. The molecule has 1 amide bonds. The van der Waals surface area contributed by atoms with Crippen LogP contribution in [0.3, 0.4) is 0 Å². The van der Waals surface area contributed by atoms with E-state index in [0.29, 0.717) is 12.1 Å². The van der Waals surface area contributed by atoms with Crippen LogP contribution in [0, 0.1) is 17.5 Å². The van der Waals surface area contributed by atoms with E-state index in [0.717, 1.165) is 29.1 Å². The smallest absolute Gasteiger partial charge is 0.306 e. The van der Waals surface area contributed by atoms with Crippen LogP contribution in [0.4, 0.5) is 32.2 Å². The minimum absolute atomic E-state index is 0.199.